The van der Waals surface area contributed by atoms with E-state index in [4.69, 9.17) is 14.2 Å². The van der Waals surface area contributed by atoms with Gasteiger partial charge < -0.3 is 14.2 Å². The van der Waals surface area contributed by atoms with Crippen LogP contribution < -0.4 is 0 Å². The lowest BCUT2D eigenvalue weighted by atomic mass is 10.0. The first-order valence-corrected chi connectivity index (χ1v) is 23.6. The second-order valence-corrected chi connectivity index (χ2v) is 15.6. The number of carbonyl (C=O) groups is 3. The van der Waals surface area contributed by atoms with Crippen molar-refractivity contribution in [3.63, 3.8) is 0 Å². The number of rotatable bonds is 42. The molecule has 0 aliphatic heterocycles. The monoisotopic (exact) mass is 785 g/mol. The third-order valence-corrected chi connectivity index (χ3v) is 10.1. The quantitative estimate of drug-likeness (QED) is 0.0265. The fraction of sp³-hybridized carbons (Fsp3) is 0.780. The third kappa shape index (κ3) is 42.5. The Hall–Kier alpha value is -2.63. The molecule has 56 heavy (non-hydrogen) atoms. The van der Waals surface area contributed by atoms with E-state index in [9.17, 15) is 14.4 Å². The molecule has 0 aromatic rings. The van der Waals surface area contributed by atoms with Crippen LogP contribution in [0.1, 0.15) is 233 Å². The molecule has 0 saturated heterocycles. The largest absolute Gasteiger partial charge is 0.462 e. The number of hydrogen-bond donors (Lipinski definition) is 0. The normalized spacial score (nSPS) is 12.4. The minimum absolute atomic E-state index is 0.0869. The van der Waals surface area contributed by atoms with Crippen LogP contribution in [0.3, 0.4) is 0 Å². The summed E-state index contributed by atoms with van der Waals surface area (Å²) < 4.78 is 16.7. The molecule has 0 fully saturated rings. The van der Waals surface area contributed by atoms with E-state index in [0.717, 1.165) is 83.5 Å². The Morgan fingerprint density at radius 3 is 1.20 bits per heavy atom. The van der Waals surface area contributed by atoms with E-state index >= 15 is 0 Å². The first-order chi connectivity index (χ1) is 27.5. The molecule has 0 radical (unpaired) electrons. The van der Waals surface area contributed by atoms with Crippen molar-refractivity contribution in [3.05, 3.63) is 48.6 Å². The van der Waals surface area contributed by atoms with Crippen LogP contribution in [0, 0.1) is 0 Å². The predicted octanol–water partition coefficient (Wildman–Crippen LogP) is 15.1. The zero-order valence-corrected chi connectivity index (χ0v) is 36.9. The summed E-state index contributed by atoms with van der Waals surface area (Å²) in [5.74, 6) is -0.933. The fourth-order valence-electron chi connectivity index (χ4n) is 6.52. The minimum Gasteiger partial charge on any atom is -0.462 e. The molecule has 0 amide bonds. The fourth-order valence-corrected chi connectivity index (χ4v) is 6.52. The summed E-state index contributed by atoms with van der Waals surface area (Å²) in [6.07, 6.45) is 52.4. The van der Waals surface area contributed by atoms with E-state index in [1.54, 1.807) is 0 Å². The Kier molecular flexibility index (Phi) is 43.0. The van der Waals surface area contributed by atoms with E-state index in [1.807, 2.05) is 0 Å². The summed E-state index contributed by atoms with van der Waals surface area (Å²) in [5, 5.41) is 0. The van der Waals surface area contributed by atoms with Crippen LogP contribution in [-0.4, -0.2) is 37.2 Å². The third-order valence-electron chi connectivity index (χ3n) is 10.1. The molecule has 324 valence electrons. The maximum absolute atomic E-state index is 12.7. The zero-order valence-electron chi connectivity index (χ0n) is 36.9. The lowest BCUT2D eigenvalue weighted by molar-refractivity contribution is -0.167. The molecule has 0 N–H and O–H groups in total. The van der Waals surface area contributed by atoms with Gasteiger partial charge in [0.1, 0.15) is 13.2 Å². The average Bonchev–Trinajstić information content (AvgIpc) is 3.19. The Morgan fingerprint density at radius 2 is 0.714 bits per heavy atom. The highest BCUT2D eigenvalue weighted by Gasteiger charge is 2.19. The lowest BCUT2D eigenvalue weighted by Crippen LogP contribution is -2.30. The molecule has 1 atom stereocenters. The maximum atomic E-state index is 12.7. The zero-order chi connectivity index (χ0) is 40.8. The second kappa shape index (κ2) is 45.1. The molecule has 1 unspecified atom stereocenters. The topological polar surface area (TPSA) is 78.9 Å². The smallest absolute Gasteiger partial charge is 0.306 e. The molecule has 6 heteroatoms. The van der Waals surface area contributed by atoms with Crippen LogP contribution in [0.2, 0.25) is 0 Å². The van der Waals surface area contributed by atoms with E-state index < -0.39 is 6.10 Å². The van der Waals surface area contributed by atoms with Gasteiger partial charge in [-0.3, -0.25) is 14.4 Å². The van der Waals surface area contributed by atoms with Crippen molar-refractivity contribution in [2.45, 2.75) is 239 Å². The van der Waals surface area contributed by atoms with Crippen LogP contribution in [0.4, 0.5) is 0 Å². The number of unbranched alkanes of at least 4 members (excludes halogenated alkanes) is 23. The van der Waals surface area contributed by atoms with Crippen molar-refractivity contribution in [1.82, 2.24) is 0 Å². The van der Waals surface area contributed by atoms with Gasteiger partial charge in [-0.25, -0.2) is 0 Å². The van der Waals surface area contributed by atoms with Crippen molar-refractivity contribution in [2.24, 2.45) is 0 Å². The van der Waals surface area contributed by atoms with Crippen LogP contribution in [-0.2, 0) is 28.6 Å². The van der Waals surface area contributed by atoms with Crippen molar-refractivity contribution >= 4 is 17.9 Å². The van der Waals surface area contributed by atoms with Crippen molar-refractivity contribution in [2.75, 3.05) is 13.2 Å². The number of ether oxygens (including phenoxy) is 3. The van der Waals surface area contributed by atoms with E-state index in [-0.39, 0.29) is 31.1 Å². The van der Waals surface area contributed by atoms with Gasteiger partial charge in [0.2, 0.25) is 0 Å². The van der Waals surface area contributed by atoms with Crippen molar-refractivity contribution < 1.29 is 28.6 Å². The Labute approximate surface area is 346 Å². The second-order valence-electron chi connectivity index (χ2n) is 15.6. The van der Waals surface area contributed by atoms with Gasteiger partial charge in [0, 0.05) is 19.3 Å². The Bertz CT molecular complexity index is 996. The first-order valence-electron chi connectivity index (χ1n) is 23.6. The molecule has 0 aromatic carbocycles. The molecule has 0 heterocycles. The van der Waals surface area contributed by atoms with Gasteiger partial charge in [-0.1, -0.05) is 191 Å². The molecule has 0 rings (SSSR count). The highest BCUT2D eigenvalue weighted by Crippen LogP contribution is 2.14. The highest BCUT2D eigenvalue weighted by atomic mass is 16.6. The highest BCUT2D eigenvalue weighted by molar-refractivity contribution is 5.71. The van der Waals surface area contributed by atoms with Crippen molar-refractivity contribution in [3.8, 4) is 0 Å². The van der Waals surface area contributed by atoms with Gasteiger partial charge in [0.05, 0.1) is 0 Å². The van der Waals surface area contributed by atoms with Gasteiger partial charge in [0.25, 0.3) is 0 Å². The standard InChI is InChI=1S/C50H88O6/c1-4-7-10-13-16-19-21-23-24-25-27-28-31-34-37-40-43-49(52)55-46-47(45-54-48(51)42-39-36-33-30-18-15-12-9-6-3)56-50(53)44-41-38-35-32-29-26-22-20-17-14-11-8-5-2/h7,10,16,19,23-24,30,33,47H,4-6,8-9,11-15,17-18,20-22,25-29,31-32,34-46H2,1-3H3/b10-7-,19-16-,24-23-,33-30-. The van der Waals surface area contributed by atoms with E-state index in [0.29, 0.717) is 19.3 Å². The summed E-state index contributed by atoms with van der Waals surface area (Å²) in [5.41, 5.74) is 0. The molecular formula is C50H88O6. The Balaban J connectivity index is 4.37. The van der Waals surface area contributed by atoms with E-state index in [1.165, 1.54) is 109 Å². The molecule has 6 nitrogen and oxygen atoms in total. The molecule has 0 aromatic heterocycles. The molecular weight excluding hydrogens is 697 g/mol. The summed E-state index contributed by atoms with van der Waals surface area (Å²) in [4.78, 5) is 37.7. The summed E-state index contributed by atoms with van der Waals surface area (Å²) >= 11 is 0. The van der Waals surface area contributed by atoms with Crippen LogP contribution in [0.15, 0.2) is 48.6 Å². The van der Waals surface area contributed by atoms with Crippen LogP contribution >= 0.6 is 0 Å². The number of hydrogen-bond acceptors (Lipinski definition) is 6. The van der Waals surface area contributed by atoms with Gasteiger partial charge in [-0.05, 0) is 70.6 Å². The van der Waals surface area contributed by atoms with Gasteiger partial charge in [0.15, 0.2) is 6.10 Å². The van der Waals surface area contributed by atoms with Crippen LogP contribution in [0.5, 0.6) is 0 Å². The molecule has 0 bridgehead atoms. The van der Waals surface area contributed by atoms with Gasteiger partial charge in [-0.2, -0.15) is 0 Å². The first kappa shape index (κ1) is 53.4. The average molecular weight is 785 g/mol. The SMILES string of the molecule is CC/C=C\C/C=C\C/C=C\CCCCCCCCC(=O)OCC(COC(=O)CCC/C=C\CCCCCC)OC(=O)CCCCCCCCCCCCCCC. The molecule has 0 aliphatic rings. The summed E-state index contributed by atoms with van der Waals surface area (Å²) in [6, 6.07) is 0. The van der Waals surface area contributed by atoms with Crippen molar-refractivity contribution in [1.29, 1.82) is 0 Å². The number of carbonyl (C=O) groups excluding carboxylic acids is 3. The molecule has 0 saturated carbocycles. The van der Waals surface area contributed by atoms with Crippen LogP contribution in [0.25, 0.3) is 0 Å². The molecule has 0 spiro atoms. The summed E-state index contributed by atoms with van der Waals surface area (Å²) in [6.45, 7) is 6.45. The summed E-state index contributed by atoms with van der Waals surface area (Å²) in [7, 11) is 0. The lowest BCUT2D eigenvalue weighted by Gasteiger charge is -2.18. The number of allylic oxidation sites excluding steroid dienone is 8. The number of esters is 3. The minimum atomic E-state index is -0.784. The van der Waals surface area contributed by atoms with E-state index in [2.05, 4.69) is 69.4 Å². The maximum Gasteiger partial charge on any atom is 0.306 e. The molecule has 0 aliphatic carbocycles. The van der Waals surface area contributed by atoms with Gasteiger partial charge in [-0.15, -0.1) is 0 Å². The Morgan fingerprint density at radius 1 is 0.375 bits per heavy atom. The predicted molar refractivity (Wildman–Crippen MR) is 238 cm³/mol. The van der Waals surface area contributed by atoms with Gasteiger partial charge >= 0.3 is 17.9 Å².